The van der Waals surface area contributed by atoms with Crippen LogP contribution in [0, 0.1) is 5.92 Å². The molecule has 3 nitrogen and oxygen atoms in total. The third kappa shape index (κ3) is 5.58. The van der Waals surface area contributed by atoms with Crippen LogP contribution in [0.4, 0.5) is 0 Å². The second-order valence-corrected chi connectivity index (χ2v) is 4.34. The van der Waals surface area contributed by atoms with Crippen LogP contribution in [0.3, 0.4) is 0 Å². The molecule has 84 valence electrons. The fourth-order valence-corrected chi connectivity index (χ4v) is 1.56. The number of ether oxygens (including phenoxy) is 2. The summed E-state index contributed by atoms with van der Waals surface area (Å²) in [6.07, 6.45) is 2.55. The smallest absolute Gasteiger partial charge is 0.0701 e. The normalized spacial score (nSPS) is 22.1. The Hall–Kier alpha value is -0.120. The Morgan fingerprint density at radius 1 is 1.29 bits per heavy atom. The zero-order valence-electron chi connectivity index (χ0n) is 9.42. The lowest BCUT2D eigenvalue weighted by molar-refractivity contribution is 0.0320. The number of nitrogens with one attached hydrogen (secondary N) is 1. The summed E-state index contributed by atoms with van der Waals surface area (Å²) in [5.74, 6) is 0.617. The molecule has 0 saturated carbocycles. The van der Waals surface area contributed by atoms with Crippen molar-refractivity contribution in [3.05, 3.63) is 0 Å². The Morgan fingerprint density at radius 2 is 2.07 bits per heavy atom. The zero-order chi connectivity index (χ0) is 10.2. The first kappa shape index (κ1) is 12.0. The molecule has 1 N–H and O–H groups in total. The van der Waals surface area contributed by atoms with Crippen molar-refractivity contribution in [2.45, 2.75) is 32.7 Å². The van der Waals surface area contributed by atoms with Gasteiger partial charge in [-0.1, -0.05) is 13.8 Å². The maximum atomic E-state index is 5.51. The van der Waals surface area contributed by atoms with E-state index in [0.29, 0.717) is 12.0 Å². The summed E-state index contributed by atoms with van der Waals surface area (Å²) in [5.41, 5.74) is 0. The molecule has 1 aliphatic rings. The van der Waals surface area contributed by atoms with Crippen molar-refractivity contribution in [3.8, 4) is 0 Å². The minimum atomic E-state index is 0.583. The van der Waals surface area contributed by atoms with Crippen LogP contribution in [0.1, 0.15) is 26.7 Å². The van der Waals surface area contributed by atoms with Crippen LogP contribution in [0.2, 0.25) is 0 Å². The van der Waals surface area contributed by atoms with Crippen LogP contribution < -0.4 is 5.32 Å². The monoisotopic (exact) mass is 201 g/mol. The van der Waals surface area contributed by atoms with Gasteiger partial charge in [0, 0.05) is 12.6 Å². The molecule has 1 saturated heterocycles. The summed E-state index contributed by atoms with van der Waals surface area (Å²) in [6, 6.07) is 0.583. The highest BCUT2D eigenvalue weighted by Gasteiger charge is 2.13. The van der Waals surface area contributed by atoms with Crippen LogP contribution in [-0.2, 0) is 9.47 Å². The molecule has 3 heteroatoms. The van der Waals surface area contributed by atoms with E-state index >= 15 is 0 Å². The molecule has 0 bridgehead atoms. The van der Waals surface area contributed by atoms with E-state index in [1.54, 1.807) is 0 Å². The molecule has 0 aromatic carbocycles. The Labute approximate surface area is 87.2 Å². The molecule has 0 spiro atoms. The molecule has 14 heavy (non-hydrogen) atoms. The predicted octanol–water partition coefficient (Wildman–Crippen LogP) is 1.43. The SMILES string of the molecule is CC(C)COCCOCC1CCCN1. The maximum absolute atomic E-state index is 5.51. The summed E-state index contributed by atoms with van der Waals surface area (Å²) in [6.45, 7) is 8.59. The fraction of sp³-hybridized carbons (Fsp3) is 1.00. The zero-order valence-corrected chi connectivity index (χ0v) is 9.42. The lowest BCUT2D eigenvalue weighted by Gasteiger charge is -2.11. The van der Waals surface area contributed by atoms with Crippen molar-refractivity contribution in [1.82, 2.24) is 5.32 Å². The van der Waals surface area contributed by atoms with Crippen LogP contribution >= 0.6 is 0 Å². The van der Waals surface area contributed by atoms with Crippen molar-refractivity contribution in [1.29, 1.82) is 0 Å². The largest absolute Gasteiger partial charge is 0.379 e. The number of rotatable bonds is 7. The van der Waals surface area contributed by atoms with Crippen LogP contribution in [-0.4, -0.2) is 39.0 Å². The molecular formula is C11H23NO2. The van der Waals surface area contributed by atoms with E-state index in [1.807, 2.05) is 0 Å². The van der Waals surface area contributed by atoms with E-state index in [-0.39, 0.29) is 0 Å². The summed E-state index contributed by atoms with van der Waals surface area (Å²) in [5, 5.41) is 3.40. The first-order valence-corrected chi connectivity index (χ1v) is 5.68. The minimum Gasteiger partial charge on any atom is -0.379 e. The van der Waals surface area contributed by atoms with Gasteiger partial charge in [-0.25, -0.2) is 0 Å². The third-order valence-corrected chi connectivity index (χ3v) is 2.30. The summed E-state index contributed by atoms with van der Waals surface area (Å²) in [7, 11) is 0. The van der Waals surface area contributed by atoms with Crippen molar-refractivity contribution >= 4 is 0 Å². The quantitative estimate of drug-likeness (QED) is 0.632. The molecule has 1 atom stereocenters. The molecular weight excluding hydrogens is 178 g/mol. The van der Waals surface area contributed by atoms with E-state index in [9.17, 15) is 0 Å². The third-order valence-electron chi connectivity index (χ3n) is 2.30. The maximum Gasteiger partial charge on any atom is 0.0701 e. The molecule has 0 radical (unpaired) electrons. The van der Waals surface area contributed by atoms with Crippen molar-refractivity contribution in [2.24, 2.45) is 5.92 Å². The summed E-state index contributed by atoms with van der Waals surface area (Å²) >= 11 is 0. The number of hydrogen-bond donors (Lipinski definition) is 1. The van der Waals surface area contributed by atoms with Gasteiger partial charge in [0.2, 0.25) is 0 Å². The van der Waals surface area contributed by atoms with E-state index in [2.05, 4.69) is 19.2 Å². The second-order valence-electron chi connectivity index (χ2n) is 4.34. The highest BCUT2D eigenvalue weighted by atomic mass is 16.5. The lowest BCUT2D eigenvalue weighted by Crippen LogP contribution is -2.27. The highest BCUT2D eigenvalue weighted by Crippen LogP contribution is 2.04. The Morgan fingerprint density at radius 3 is 2.71 bits per heavy atom. The Kier molecular flexibility index (Phi) is 6.15. The van der Waals surface area contributed by atoms with E-state index in [0.717, 1.165) is 33.0 Å². The first-order valence-electron chi connectivity index (χ1n) is 5.68. The van der Waals surface area contributed by atoms with Crippen molar-refractivity contribution < 1.29 is 9.47 Å². The van der Waals surface area contributed by atoms with Gasteiger partial charge in [-0.15, -0.1) is 0 Å². The average molecular weight is 201 g/mol. The topological polar surface area (TPSA) is 30.5 Å². The second kappa shape index (κ2) is 7.21. The lowest BCUT2D eigenvalue weighted by atomic mass is 10.2. The fourth-order valence-electron chi connectivity index (χ4n) is 1.56. The van der Waals surface area contributed by atoms with Gasteiger partial charge < -0.3 is 14.8 Å². The standard InChI is InChI=1S/C11H23NO2/c1-10(2)8-13-6-7-14-9-11-4-3-5-12-11/h10-12H,3-9H2,1-2H3. The molecule has 1 aliphatic heterocycles. The summed E-state index contributed by atoms with van der Waals surface area (Å²) in [4.78, 5) is 0. The van der Waals surface area contributed by atoms with Crippen LogP contribution in [0.25, 0.3) is 0 Å². The molecule has 1 rings (SSSR count). The first-order chi connectivity index (χ1) is 6.79. The molecule has 1 heterocycles. The molecule has 1 unspecified atom stereocenters. The average Bonchev–Trinajstić information content (AvgIpc) is 2.63. The van der Waals surface area contributed by atoms with Crippen LogP contribution in [0.5, 0.6) is 0 Å². The van der Waals surface area contributed by atoms with Crippen molar-refractivity contribution in [3.63, 3.8) is 0 Å². The number of hydrogen-bond acceptors (Lipinski definition) is 3. The van der Waals surface area contributed by atoms with Crippen molar-refractivity contribution in [2.75, 3.05) is 33.0 Å². The van der Waals surface area contributed by atoms with E-state index < -0.39 is 0 Å². The molecule has 0 amide bonds. The summed E-state index contributed by atoms with van der Waals surface area (Å²) < 4.78 is 10.9. The van der Waals surface area contributed by atoms with E-state index in [4.69, 9.17) is 9.47 Å². The Balaban J connectivity index is 1.79. The van der Waals surface area contributed by atoms with Gasteiger partial charge in [0.05, 0.1) is 19.8 Å². The van der Waals surface area contributed by atoms with E-state index in [1.165, 1.54) is 12.8 Å². The van der Waals surface area contributed by atoms with Gasteiger partial charge in [-0.2, -0.15) is 0 Å². The van der Waals surface area contributed by atoms with Gasteiger partial charge in [-0.05, 0) is 25.3 Å². The van der Waals surface area contributed by atoms with Gasteiger partial charge in [0.15, 0.2) is 0 Å². The predicted molar refractivity (Wildman–Crippen MR) is 57.5 cm³/mol. The molecule has 0 aromatic rings. The van der Waals surface area contributed by atoms with Gasteiger partial charge in [-0.3, -0.25) is 0 Å². The van der Waals surface area contributed by atoms with Gasteiger partial charge in [0.25, 0.3) is 0 Å². The highest BCUT2D eigenvalue weighted by molar-refractivity contribution is 4.73. The van der Waals surface area contributed by atoms with Gasteiger partial charge in [0.1, 0.15) is 0 Å². The van der Waals surface area contributed by atoms with Gasteiger partial charge >= 0.3 is 0 Å². The Bertz CT molecular complexity index is 133. The molecule has 0 aromatic heterocycles. The molecule has 1 fully saturated rings. The van der Waals surface area contributed by atoms with Crippen LogP contribution in [0.15, 0.2) is 0 Å². The minimum absolute atomic E-state index is 0.583. The molecule has 0 aliphatic carbocycles.